The van der Waals surface area contributed by atoms with E-state index in [4.69, 9.17) is 4.55 Å². The van der Waals surface area contributed by atoms with E-state index in [1.165, 1.54) is 6.42 Å². The molecule has 0 radical (unpaired) electrons. The number of fused-ring (bicyclic) bond motifs is 2. The molecule has 0 aromatic carbocycles. The van der Waals surface area contributed by atoms with Crippen LogP contribution < -0.4 is 0 Å². The van der Waals surface area contributed by atoms with Crippen LogP contribution in [0.4, 0.5) is 0 Å². The van der Waals surface area contributed by atoms with Gasteiger partial charge in [0.1, 0.15) is 0 Å². The van der Waals surface area contributed by atoms with E-state index in [1.807, 2.05) is 0 Å². The van der Waals surface area contributed by atoms with E-state index >= 15 is 0 Å². The van der Waals surface area contributed by atoms with Gasteiger partial charge in [-0.15, -0.1) is 0 Å². The molecule has 2 bridgehead atoms. The molecule has 1 N–H and O–H groups in total. The monoisotopic (exact) mass is 230 g/mol. The maximum atomic E-state index is 10.9. The van der Waals surface area contributed by atoms with Crippen molar-refractivity contribution in [1.29, 1.82) is 0 Å². The summed E-state index contributed by atoms with van der Waals surface area (Å²) < 4.78 is 30.7. The van der Waals surface area contributed by atoms with E-state index in [0.29, 0.717) is 5.92 Å². The molecule has 2 atom stereocenters. The molecular weight excluding hydrogens is 212 g/mol. The zero-order valence-corrected chi connectivity index (χ0v) is 10.3. The highest BCUT2D eigenvalue weighted by Gasteiger charge is 2.58. The maximum Gasteiger partial charge on any atom is 0.287 e. The lowest BCUT2D eigenvalue weighted by molar-refractivity contribution is 0.179. The van der Waals surface area contributed by atoms with Crippen LogP contribution in [0.1, 0.15) is 40.0 Å². The number of hydrogen-bond acceptors (Lipinski definition) is 2. The van der Waals surface area contributed by atoms with Gasteiger partial charge in [-0.3, -0.25) is 4.55 Å². The highest BCUT2D eigenvalue weighted by Crippen LogP contribution is 2.67. The van der Waals surface area contributed by atoms with Gasteiger partial charge in [-0.1, -0.05) is 20.8 Å². The predicted molar refractivity (Wildman–Crippen MR) is 58.9 cm³/mol. The van der Waals surface area contributed by atoms with Crippen LogP contribution in [-0.2, 0) is 10.1 Å². The number of rotatable bonds is 1. The van der Waals surface area contributed by atoms with Gasteiger partial charge in [0.15, 0.2) is 0 Å². The summed E-state index contributed by atoms with van der Waals surface area (Å²) in [5.41, 5.74) is 1.02. The van der Waals surface area contributed by atoms with E-state index in [0.717, 1.165) is 23.8 Å². The Bertz CT molecular complexity index is 419. The molecule has 3 nitrogen and oxygen atoms in total. The summed E-state index contributed by atoms with van der Waals surface area (Å²) in [6.45, 7) is 6.53. The first-order valence-electron chi connectivity index (χ1n) is 5.35. The minimum absolute atomic E-state index is 0.0481. The molecule has 2 unspecified atom stereocenters. The Morgan fingerprint density at radius 1 is 1.40 bits per heavy atom. The molecule has 0 amide bonds. The lowest BCUT2D eigenvalue weighted by Gasteiger charge is -2.35. The molecule has 2 aliphatic carbocycles. The van der Waals surface area contributed by atoms with Gasteiger partial charge in [0, 0.05) is 0 Å². The minimum Gasteiger partial charge on any atom is -0.282 e. The van der Waals surface area contributed by atoms with Crippen molar-refractivity contribution < 1.29 is 13.0 Å². The molecule has 2 aliphatic rings. The molecule has 0 aromatic rings. The molecular formula is C11H18O3S. The Morgan fingerprint density at radius 2 is 2.00 bits per heavy atom. The first-order valence-corrected chi connectivity index (χ1v) is 6.86. The zero-order chi connectivity index (χ0) is 11.5. The van der Waals surface area contributed by atoms with Crippen LogP contribution in [0.25, 0.3) is 0 Å². The quantitative estimate of drug-likeness (QED) is 0.704. The van der Waals surface area contributed by atoms with Crippen molar-refractivity contribution >= 4 is 10.1 Å². The summed E-state index contributed by atoms with van der Waals surface area (Å²) in [4.78, 5) is 0. The summed E-state index contributed by atoms with van der Waals surface area (Å²) in [5.74, 6) is 0.565. The highest BCUT2D eigenvalue weighted by molar-refractivity contribution is 7.88. The third-order valence-corrected chi connectivity index (χ3v) is 5.48. The van der Waals surface area contributed by atoms with Gasteiger partial charge in [-0.2, -0.15) is 8.42 Å². The summed E-state index contributed by atoms with van der Waals surface area (Å²) in [5, 5.41) is 1.08. The van der Waals surface area contributed by atoms with Gasteiger partial charge in [0.25, 0.3) is 10.1 Å². The summed E-state index contributed by atoms with van der Waals surface area (Å²) in [6, 6.07) is 0. The third kappa shape index (κ3) is 1.46. The standard InChI is InChI=1S/C11H18O3S/c1-10(2)8-4-5-11(10,3)9(6-8)7-15(12,13)14/h7-8H,4-6H2,1-3H3,(H,12,13,14). The van der Waals surface area contributed by atoms with Crippen LogP contribution in [-0.4, -0.2) is 13.0 Å². The smallest absolute Gasteiger partial charge is 0.282 e. The van der Waals surface area contributed by atoms with Gasteiger partial charge < -0.3 is 0 Å². The number of allylic oxidation sites excluding steroid dienone is 1. The lowest BCUT2D eigenvalue weighted by atomic mass is 9.69. The fraction of sp³-hybridized carbons (Fsp3) is 0.818. The van der Waals surface area contributed by atoms with Crippen LogP contribution >= 0.6 is 0 Å². The Morgan fingerprint density at radius 3 is 2.33 bits per heavy atom. The van der Waals surface area contributed by atoms with E-state index in [1.54, 1.807) is 0 Å². The van der Waals surface area contributed by atoms with Crippen molar-refractivity contribution in [1.82, 2.24) is 0 Å². The lowest BCUT2D eigenvalue weighted by Crippen LogP contribution is -2.28. The SMILES string of the molecule is CC12CCC(CC1=CS(=O)(=O)O)C2(C)C. The fourth-order valence-corrected chi connectivity index (χ4v) is 4.09. The van der Waals surface area contributed by atoms with Crippen LogP contribution in [0.3, 0.4) is 0 Å². The summed E-state index contributed by atoms with van der Waals surface area (Å²) >= 11 is 0. The second-order valence-electron chi connectivity index (χ2n) is 5.65. The van der Waals surface area contributed by atoms with E-state index < -0.39 is 10.1 Å². The minimum atomic E-state index is -3.98. The Hall–Kier alpha value is -0.350. The Balaban J connectivity index is 2.47. The molecule has 0 aromatic heterocycles. The maximum absolute atomic E-state index is 10.9. The molecule has 86 valence electrons. The van der Waals surface area contributed by atoms with Crippen molar-refractivity contribution in [2.24, 2.45) is 16.7 Å². The van der Waals surface area contributed by atoms with Crippen LogP contribution in [0.5, 0.6) is 0 Å². The zero-order valence-electron chi connectivity index (χ0n) is 9.45. The molecule has 15 heavy (non-hydrogen) atoms. The molecule has 0 spiro atoms. The molecule has 0 aliphatic heterocycles. The van der Waals surface area contributed by atoms with Crippen molar-refractivity contribution in [3.8, 4) is 0 Å². The molecule has 0 heterocycles. The first-order chi connectivity index (χ1) is 6.67. The summed E-state index contributed by atoms with van der Waals surface area (Å²) in [6.07, 6.45) is 3.03. The molecule has 2 saturated carbocycles. The summed E-state index contributed by atoms with van der Waals surface area (Å²) in [7, 11) is -3.98. The Labute approximate surface area is 91.3 Å². The van der Waals surface area contributed by atoms with Crippen molar-refractivity contribution in [3.63, 3.8) is 0 Å². The molecule has 4 heteroatoms. The van der Waals surface area contributed by atoms with Crippen LogP contribution in [0, 0.1) is 16.7 Å². The molecule has 2 fully saturated rings. The van der Waals surface area contributed by atoms with Crippen LogP contribution in [0.2, 0.25) is 0 Å². The van der Waals surface area contributed by atoms with Gasteiger partial charge in [0.2, 0.25) is 0 Å². The largest absolute Gasteiger partial charge is 0.287 e. The first kappa shape index (κ1) is 11.1. The molecule has 0 saturated heterocycles. The fourth-order valence-electron chi connectivity index (χ4n) is 3.38. The van der Waals surface area contributed by atoms with E-state index in [9.17, 15) is 8.42 Å². The average molecular weight is 230 g/mol. The van der Waals surface area contributed by atoms with Crippen LogP contribution in [0.15, 0.2) is 11.0 Å². The van der Waals surface area contributed by atoms with Crippen molar-refractivity contribution in [2.75, 3.05) is 0 Å². The number of hydrogen-bond donors (Lipinski definition) is 1. The van der Waals surface area contributed by atoms with Crippen molar-refractivity contribution in [2.45, 2.75) is 40.0 Å². The van der Waals surface area contributed by atoms with Crippen molar-refractivity contribution in [3.05, 3.63) is 11.0 Å². The second-order valence-corrected chi connectivity index (χ2v) is 6.92. The van der Waals surface area contributed by atoms with Gasteiger partial charge in [0.05, 0.1) is 5.41 Å². The van der Waals surface area contributed by atoms with Gasteiger partial charge >= 0.3 is 0 Å². The normalized spacial score (nSPS) is 41.3. The van der Waals surface area contributed by atoms with E-state index in [2.05, 4.69) is 20.8 Å². The van der Waals surface area contributed by atoms with E-state index in [-0.39, 0.29) is 10.8 Å². The van der Waals surface area contributed by atoms with Gasteiger partial charge in [-0.05, 0) is 41.6 Å². The Kier molecular flexibility index (Phi) is 2.12. The molecule has 2 rings (SSSR count). The van der Waals surface area contributed by atoms with Gasteiger partial charge in [-0.25, -0.2) is 0 Å². The topological polar surface area (TPSA) is 54.4 Å². The second kappa shape index (κ2) is 2.86. The highest BCUT2D eigenvalue weighted by atomic mass is 32.2. The predicted octanol–water partition coefficient (Wildman–Crippen LogP) is 2.60. The average Bonchev–Trinajstić information content (AvgIpc) is 2.34. The third-order valence-electron chi connectivity index (χ3n) is 4.90.